The van der Waals surface area contributed by atoms with Crippen LogP contribution in [0.25, 0.3) is 0 Å². The van der Waals surface area contributed by atoms with E-state index in [4.69, 9.17) is 0 Å². The Morgan fingerprint density at radius 2 is 1.30 bits per heavy atom. The van der Waals surface area contributed by atoms with Crippen LogP contribution in [0.5, 0.6) is 0 Å². The monoisotopic (exact) mass is 876 g/mol. The van der Waals surface area contributed by atoms with Gasteiger partial charge in [0.2, 0.25) is 17.7 Å². The van der Waals surface area contributed by atoms with E-state index in [-0.39, 0.29) is 50.2 Å². The zero-order valence-corrected chi connectivity index (χ0v) is 37.8. The second kappa shape index (κ2) is 25.9. The molecule has 0 aliphatic carbocycles. The molecule has 344 valence electrons. The lowest BCUT2D eigenvalue weighted by Gasteiger charge is -2.31. The molecule has 2 aromatic rings. The maximum atomic E-state index is 14.2. The fourth-order valence-electron chi connectivity index (χ4n) is 6.09. The Labute approximate surface area is 370 Å². The van der Waals surface area contributed by atoms with Gasteiger partial charge in [0.15, 0.2) is 0 Å². The number of hydrogen-bond donors (Lipinski definition) is 8. The first kappa shape index (κ1) is 52.4. The molecule has 2 rings (SSSR count). The smallest absolute Gasteiger partial charge is 0.340 e. The van der Waals surface area contributed by atoms with Crippen LogP contribution in [0.1, 0.15) is 80.2 Å². The number of hydrogen-bond acceptors (Lipinski definition) is 9. The molecule has 0 saturated carbocycles. The van der Waals surface area contributed by atoms with E-state index < -0.39 is 71.3 Å². The summed E-state index contributed by atoms with van der Waals surface area (Å²) in [5.74, 6) is -4.67. The number of urea groups is 2. The summed E-state index contributed by atoms with van der Waals surface area (Å²) < 4.78 is 0. The number of hydrazine groups is 1. The number of rotatable bonds is 20. The van der Waals surface area contributed by atoms with Crippen molar-refractivity contribution in [3.63, 3.8) is 0 Å². The van der Waals surface area contributed by atoms with Crippen LogP contribution >= 0.6 is 0 Å². The molecule has 0 aromatic heterocycles. The summed E-state index contributed by atoms with van der Waals surface area (Å²) in [4.78, 5) is 108. The van der Waals surface area contributed by atoms with E-state index >= 15 is 0 Å². The highest BCUT2D eigenvalue weighted by Crippen LogP contribution is 2.15. The van der Waals surface area contributed by atoms with Crippen LogP contribution in [-0.4, -0.2) is 109 Å². The number of anilines is 1. The van der Waals surface area contributed by atoms with Crippen LogP contribution in [-0.2, 0) is 35.2 Å². The molecule has 0 unspecified atom stereocenters. The lowest BCUT2D eigenvalue weighted by atomic mass is 9.96. The summed E-state index contributed by atoms with van der Waals surface area (Å²) >= 11 is 0. The first-order valence-corrected chi connectivity index (χ1v) is 21.0. The number of carbonyl (C=O) groups is 8. The molecule has 19 heteroatoms. The van der Waals surface area contributed by atoms with Crippen molar-refractivity contribution in [2.75, 3.05) is 31.6 Å². The lowest BCUT2D eigenvalue weighted by Crippen LogP contribution is -2.60. The van der Waals surface area contributed by atoms with Crippen LogP contribution in [0.15, 0.2) is 60.7 Å². The standard InChI is InChI=1S/C44H65N11O8/c1-10-29(4)35(39(59)48-33(26-28(2)3)37(57)46-9)50-38(58)34(27-31-18-13-11-14-19-31)49-42(62)54(23-17-22-45)24-25-55(32-20-15-12-16-21-32)43(63)53-52-36(56)30(5)47-40(60)41(61)51-44(6,7)8/h11-16,18-21,28-30,33-35H,10,17,23-27H2,1-9H3,(H,46,57)(H,47,60)(H,48,59)(H,49,62)(H,50,58)(H,51,61)(H,52,56)(H,53,63)/t29-,30-,33-,34-,35-/m0/s1. The van der Waals surface area contributed by atoms with E-state index in [2.05, 4.69) is 42.8 Å². The fraction of sp³-hybridized carbons (Fsp3) is 0.523. The molecule has 8 N–H and O–H groups in total. The van der Waals surface area contributed by atoms with Gasteiger partial charge in [-0.1, -0.05) is 82.6 Å². The third-order valence-electron chi connectivity index (χ3n) is 9.69. The van der Waals surface area contributed by atoms with Gasteiger partial charge in [0.1, 0.15) is 24.2 Å². The molecule has 0 bridgehead atoms. The predicted molar refractivity (Wildman–Crippen MR) is 237 cm³/mol. The molecule has 0 fully saturated rings. The Morgan fingerprint density at radius 1 is 0.683 bits per heavy atom. The van der Waals surface area contributed by atoms with Crippen molar-refractivity contribution in [1.82, 2.24) is 47.7 Å². The number of nitrogens with one attached hydrogen (secondary N) is 8. The summed E-state index contributed by atoms with van der Waals surface area (Å²) in [5, 5.41) is 25.2. The van der Waals surface area contributed by atoms with E-state index in [0.717, 1.165) is 0 Å². The molecule has 5 atom stereocenters. The Balaban J connectivity index is 2.33. The van der Waals surface area contributed by atoms with Gasteiger partial charge in [0, 0.05) is 44.3 Å². The van der Waals surface area contributed by atoms with Gasteiger partial charge in [0.05, 0.1) is 12.5 Å². The molecule has 0 heterocycles. The predicted octanol–water partition coefficient (Wildman–Crippen LogP) is 2.00. The number of likely N-dealkylation sites (N-methyl/N-ethyl adjacent to an activating group) is 1. The summed E-state index contributed by atoms with van der Waals surface area (Å²) in [6.07, 6.45) is 0.818. The minimum absolute atomic E-state index is 0.0337. The second-order valence-corrected chi connectivity index (χ2v) is 16.6. The number of para-hydroxylation sites is 1. The average Bonchev–Trinajstić information content (AvgIpc) is 3.24. The zero-order chi connectivity index (χ0) is 47.3. The third-order valence-corrected chi connectivity index (χ3v) is 9.69. The zero-order valence-electron chi connectivity index (χ0n) is 37.8. The Bertz CT molecular complexity index is 1900. The molecule has 0 aliphatic heterocycles. The first-order valence-electron chi connectivity index (χ1n) is 21.0. The summed E-state index contributed by atoms with van der Waals surface area (Å²) in [6.45, 7) is 13.5. The summed E-state index contributed by atoms with van der Waals surface area (Å²) in [5.41, 5.74) is 4.94. The molecular weight excluding hydrogens is 811 g/mol. The van der Waals surface area contributed by atoms with Gasteiger partial charge in [-0.25, -0.2) is 15.0 Å². The minimum atomic E-state index is -1.22. The maximum absolute atomic E-state index is 14.2. The van der Waals surface area contributed by atoms with Crippen molar-refractivity contribution in [2.24, 2.45) is 11.8 Å². The molecular formula is C44H65N11O8. The van der Waals surface area contributed by atoms with Crippen molar-refractivity contribution in [3.8, 4) is 6.07 Å². The van der Waals surface area contributed by atoms with Crippen molar-refractivity contribution in [2.45, 2.75) is 111 Å². The van der Waals surface area contributed by atoms with Crippen LogP contribution in [0.2, 0.25) is 0 Å². The Morgan fingerprint density at radius 3 is 1.86 bits per heavy atom. The van der Waals surface area contributed by atoms with Crippen molar-refractivity contribution >= 4 is 53.2 Å². The van der Waals surface area contributed by atoms with Crippen molar-refractivity contribution in [3.05, 3.63) is 66.2 Å². The highest BCUT2D eigenvalue weighted by molar-refractivity contribution is 6.35. The lowest BCUT2D eigenvalue weighted by molar-refractivity contribution is -0.141. The molecule has 63 heavy (non-hydrogen) atoms. The topological polar surface area (TPSA) is 263 Å². The second-order valence-electron chi connectivity index (χ2n) is 16.6. The molecule has 10 amide bonds. The quantitative estimate of drug-likeness (QED) is 0.0714. The van der Waals surface area contributed by atoms with E-state index in [0.29, 0.717) is 24.1 Å². The summed E-state index contributed by atoms with van der Waals surface area (Å²) in [6, 6.07) is 13.4. The molecule has 0 saturated heterocycles. The van der Waals surface area contributed by atoms with Gasteiger partial charge in [-0.15, -0.1) is 0 Å². The van der Waals surface area contributed by atoms with Gasteiger partial charge in [-0.05, 0) is 63.6 Å². The molecule has 0 spiro atoms. The molecule has 0 aliphatic rings. The Hall–Kier alpha value is -6.71. The number of amides is 10. The largest absolute Gasteiger partial charge is 0.357 e. The maximum Gasteiger partial charge on any atom is 0.340 e. The van der Waals surface area contributed by atoms with Crippen LogP contribution in [0.3, 0.4) is 0 Å². The van der Waals surface area contributed by atoms with Crippen LogP contribution < -0.4 is 47.7 Å². The van der Waals surface area contributed by atoms with E-state index in [1.165, 1.54) is 23.8 Å². The van der Waals surface area contributed by atoms with E-state index in [9.17, 15) is 43.6 Å². The van der Waals surface area contributed by atoms with Gasteiger partial charge < -0.3 is 36.8 Å². The third kappa shape index (κ3) is 18.4. The normalized spacial score (nSPS) is 13.3. The first-order chi connectivity index (χ1) is 29.7. The molecule has 0 radical (unpaired) electrons. The van der Waals surface area contributed by atoms with Gasteiger partial charge in [0.25, 0.3) is 5.91 Å². The van der Waals surface area contributed by atoms with Crippen molar-refractivity contribution in [1.29, 1.82) is 5.26 Å². The Kier molecular flexibility index (Phi) is 21.6. The van der Waals surface area contributed by atoms with Crippen LogP contribution in [0.4, 0.5) is 15.3 Å². The van der Waals surface area contributed by atoms with Gasteiger partial charge in [-0.3, -0.25) is 39.1 Å². The minimum Gasteiger partial charge on any atom is -0.357 e. The van der Waals surface area contributed by atoms with E-state index in [1.807, 2.05) is 26.8 Å². The number of nitrogens with zero attached hydrogens (tertiary/aromatic N) is 3. The fourth-order valence-corrected chi connectivity index (χ4v) is 6.09. The molecule has 19 nitrogen and oxygen atoms in total. The summed E-state index contributed by atoms with van der Waals surface area (Å²) in [7, 11) is 1.48. The number of carbonyl (C=O) groups excluding carboxylic acids is 8. The van der Waals surface area contributed by atoms with Gasteiger partial charge >= 0.3 is 23.9 Å². The van der Waals surface area contributed by atoms with E-state index in [1.54, 1.807) is 88.4 Å². The van der Waals surface area contributed by atoms with Crippen LogP contribution in [0, 0.1) is 23.2 Å². The number of nitriles is 1. The highest BCUT2D eigenvalue weighted by Gasteiger charge is 2.33. The van der Waals surface area contributed by atoms with Gasteiger partial charge in [-0.2, -0.15) is 5.26 Å². The molecule has 2 aromatic carbocycles. The average molecular weight is 876 g/mol. The highest BCUT2D eigenvalue weighted by atomic mass is 16.2. The van der Waals surface area contributed by atoms with Crippen molar-refractivity contribution < 1.29 is 38.4 Å². The SMILES string of the molecule is CC[C@H](C)[C@H](NC(=O)[C@H](Cc1ccccc1)NC(=O)N(CCC#N)CCN(C(=O)NNC(=O)[C@H](C)NC(=O)C(=O)NC(C)(C)C)c1ccccc1)C(=O)N[C@@H](CC(C)C)C(=O)NC. The number of benzene rings is 2.